The van der Waals surface area contributed by atoms with Crippen molar-refractivity contribution in [1.29, 1.82) is 0 Å². The van der Waals surface area contributed by atoms with Crippen molar-refractivity contribution in [3.8, 4) is 0 Å². The molecule has 2 unspecified atom stereocenters. The van der Waals surface area contributed by atoms with Gasteiger partial charge in [-0.2, -0.15) is 0 Å². The zero-order valence-electron chi connectivity index (χ0n) is 12.4. The van der Waals surface area contributed by atoms with Crippen LogP contribution in [0.3, 0.4) is 0 Å². The second-order valence-corrected chi connectivity index (χ2v) is 6.64. The lowest BCUT2D eigenvalue weighted by Crippen LogP contribution is -2.57. The molecular formula is C15H27NO3. The van der Waals surface area contributed by atoms with E-state index < -0.39 is 11.5 Å². The number of hydrogen-bond acceptors (Lipinski definition) is 3. The molecule has 2 aliphatic rings. The van der Waals surface area contributed by atoms with Crippen LogP contribution in [0.1, 0.15) is 59.3 Å². The van der Waals surface area contributed by atoms with Crippen LogP contribution in [0.25, 0.3) is 0 Å². The molecule has 4 heteroatoms. The summed E-state index contributed by atoms with van der Waals surface area (Å²) in [6.07, 6.45) is 5.39. The highest BCUT2D eigenvalue weighted by atomic mass is 16.5. The molecule has 2 heterocycles. The molecule has 0 aromatic rings. The van der Waals surface area contributed by atoms with Gasteiger partial charge in [-0.1, -0.05) is 13.3 Å². The van der Waals surface area contributed by atoms with Gasteiger partial charge in [-0.05, 0) is 52.5 Å². The summed E-state index contributed by atoms with van der Waals surface area (Å²) in [4.78, 5) is 14.1. The highest BCUT2D eigenvalue weighted by molar-refractivity contribution is 5.79. The monoisotopic (exact) mass is 269 g/mol. The fourth-order valence-corrected chi connectivity index (χ4v) is 3.92. The summed E-state index contributed by atoms with van der Waals surface area (Å²) in [5.41, 5.74) is -0.741. The van der Waals surface area contributed by atoms with Crippen molar-refractivity contribution in [2.24, 2.45) is 0 Å². The molecule has 0 bridgehead atoms. The first-order valence-electron chi connectivity index (χ1n) is 7.55. The first-order valence-corrected chi connectivity index (χ1v) is 7.55. The van der Waals surface area contributed by atoms with E-state index in [1.54, 1.807) is 0 Å². The molecular weight excluding hydrogens is 242 g/mol. The minimum Gasteiger partial charge on any atom is -0.480 e. The van der Waals surface area contributed by atoms with Gasteiger partial charge in [-0.3, -0.25) is 9.69 Å². The Morgan fingerprint density at radius 3 is 2.79 bits per heavy atom. The smallest absolute Gasteiger partial charge is 0.324 e. The molecule has 0 spiro atoms. The molecule has 110 valence electrons. The van der Waals surface area contributed by atoms with E-state index in [0.29, 0.717) is 6.04 Å². The maximum absolute atomic E-state index is 11.9. The summed E-state index contributed by atoms with van der Waals surface area (Å²) in [7, 11) is 0. The average Bonchev–Trinajstić information content (AvgIpc) is 2.73. The van der Waals surface area contributed by atoms with E-state index in [1.165, 1.54) is 0 Å². The molecule has 2 fully saturated rings. The lowest BCUT2D eigenvalue weighted by molar-refractivity contribution is -0.156. The minimum atomic E-state index is -0.629. The first-order chi connectivity index (χ1) is 8.91. The molecule has 2 rings (SSSR count). The van der Waals surface area contributed by atoms with Crippen LogP contribution in [0, 0.1) is 0 Å². The summed E-state index contributed by atoms with van der Waals surface area (Å²) < 4.78 is 5.77. The summed E-state index contributed by atoms with van der Waals surface area (Å²) in [5.74, 6) is -0.629. The lowest BCUT2D eigenvalue weighted by atomic mass is 9.86. The lowest BCUT2D eigenvalue weighted by Gasteiger charge is -2.45. The van der Waals surface area contributed by atoms with Gasteiger partial charge in [0.15, 0.2) is 0 Å². The van der Waals surface area contributed by atoms with Gasteiger partial charge in [0.2, 0.25) is 0 Å². The highest BCUT2D eigenvalue weighted by Crippen LogP contribution is 2.40. The van der Waals surface area contributed by atoms with Crippen LogP contribution in [-0.2, 0) is 9.53 Å². The number of ether oxygens (including phenoxy) is 1. The predicted octanol–water partition coefficient (Wildman–Crippen LogP) is 2.66. The summed E-state index contributed by atoms with van der Waals surface area (Å²) in [6, 6.07) is 0.355. The van der Waals surface area contributed by atoms with Crippen molar-refractivity contribution in [2.45, 2.75) is 76.5 Å². The standard InChI is InChI=1S/C15H27NO3/c1-4-7-15(13(17)18)8-5-9-16(15)12-6-10-19-14(2,3)11-12/h12H,4-11H2,1-3H3,(H,17,18). The van der Waals surface area contributed by atoms with Gasteiger partial charge < -0.3 is 9.84 Å². The average molecular weight is 269 g/mol. The number of carbonyl (C=O) groups is 1. The quantitative estimate of drug-likeness (QED) is 0.852. The summed E-state index contributed by atoms with van der Waals surface area (Å²) in [6.45, 7) is 7.97. The number of aliphatic carboxylic acids is 1. The summed E-state index contributed by atoms with van der Waals surface area (Å²) in [5, 5.41) is 9.75. The maximum atomic E-state index is 11.9. The molecule has 0 aromatic carbocycles. The van der Waals surface area contributed by atoms with E-state index in [9.17, 15) is 9.90 Å². The Kier molecular flexibility index (Phi) is 4.21. The van der Waals surface area contributed by atoms with E-state index in [0.717, 1.165) is 51.7 Å². The van der Waals surface area contributed by atoms with Crippen LogP contribution >= 0.6 is 0 Å². The maximum Gasteiger partial charge on any atom is 0.324 e. The Labute approximate surface area is 116 Å². The Morgan fingerprint density at radius 2 is 2.21 bits per heavy atom. The fraction of sp³-hybridized carbons (Fsp3) is 0.933. The van der Waals surface area contributed by atoms with Crippen LogP contribution in [0.2, 0.25) is 0 Å². The third-order valence-corrected chi connectivity index (χ3v) is 4.71. The molecule has 0 aromatic heterocycles. The molecule has 0 radical (unpaired) electrons. The number of carboxylic acids is 1. The molecule has 2 saturated heterocycles. The third-order valence-electron chi connectivity index (χ3n) is 4.71. The SMILES string of the molecule is CCCC1(C(=O)O)CCCN1C1CCOC(C)(C)C1. The van der Waals surface area contributed by atoms with Crippen LogP contribution < -0.4 is 0 Å². The summed E-state index contributed by atoms with van der Waals surface area (Å²) >= 11 is 0. The van der Waals surface area contributed by atoms with Crippen LogP contribution in [0.4, 0.5) is 0 Å². The molecule has 0 aliphatic carbocycles. The predicted molar refractivity (Wildman–Crippen MR) is 74.3 cm³/mol. The second-order valence-electron chi connectivity index (χ2n) is 6.64. The zero-order chi connectivity index (χ0) is 14.1. The molecule has 4 nitrogen and oxygen atoms in total. The van der Waals surface area contributed by atoms with Gasteiger partial charge in [0.1, 0.15) is 5.54 Å². The van der Waals surface area contributed by atoms with E-state index in [2.05, 4.69) is 25.7 Å². The molecule has 2 aliphatic heterocycles. The molecule has 0 amide bonds. The number of nitrogens with zero attached hydrogens (tertiary/aromatic N) is 1. The highest BCUT2D eigenvalue weighted by Gasteiger charge is 2.50. The molecule has 2 atom stereocenters. The number of hydrogen-bond donors (Lipinski definition) is 1. The Bertz CT molecular complexity index is 342. The van der Waals surface area contributed by atoms with Crippen molar-refractivity contribution in [2.75, 3.05) is 13.2 Å². The zero-order valence-corrected chi connectivity index (χ0v) is 12.4. The normalized spacial score (nSPS) is 35.4. The molecule has 0 saturated carbocycles. The Morgan fingerprint density at radius 1 is 1.47 bits per heavy atom. The Balaban J connectivity index is 2.19. The van der Waals surface area contributed by atoms with Gasteiger partial charge in [0, 0.05) is 12.6 Å². The van der Waals surface area contributed by atoms with Crippen molar-refractivity contribution in [1.82, 2.24) is 4.90 Å². The topological polar surface area (TPSA) is 49.8 Å². The number of rotatable bonds is 4. The van der Waals surface area contributed by atoms with Crippen LogP contribution in [-0.4, -0.2) is 46.3 Å². The number of likely N-dealkylation sites (tertiary alicyclic amines) is 1. The van der Waals surface area contributed by atoms with Gasteiger partial charge in [-0.15, -0.1) is 0 Å². The van der Waals surface area contributed by atoms with Crippen molar-refractivity contribution < 1.29 is 14.6 Å². The Hall–Kier alpha value is -0.610. The third kappa shape index (κ3) is 2.79. The van der Waals surface area contributed by atoms with Gasteiger partial charge in [-0.25, -0.2) is 0 Å². The largest absolute Gasteiger partial charge is 0.480 e. The van der Waals surface area contributed by atoms with E-state index in [1.807, 2.05) is 0 Å². The van der Waals surface area contributed by atoms with E-state index in [4.69, 9.17) is 4.74 Å². The minimum absolute atomic E-state index is 0.123. The van der Waals surface area contributed by atoms with Gasteiger partial charge in [0.25, 0.3) is 0 Å². The fourth-order valence-electron chi connectivity index (χ4n) is 3.92. The van der Waals surface area contributed by atoms with Crippen molar-refractivity contribution in [3.63, 3.8) is 0 Å². The van der Waals surface area contributed by atoms with E-state index >= 15 is 0 Å². The second kappa shape index (κ2) is 5.41. The van der Waals surface area contributed by atoms with Crippen molar-refractivity contribution >= 4 is 5.97 Å². The van der Waals surface area contributed by atoms with Crippen LogP contribution in [0.5, 0.6) is 0 Å². The van der Waals surface area contributed by atoms with Crippen molar-refractivity contribution in [3.05, 3.63) is 0 Å². The molecule has 19 heavy (non-hydrogen) atoms. The van der Waals surface area contributed by atoms with E-state index in [-0.39, 0.29) is 5.60 Å². The van der Waals surface area contributed by atoms with Gasteiger partial charge in [0.05, 0.1) is 5.60 Å². The molecule has 1 N–H and O–H groups in total. The van der Waals surface area contributed by atoms with Crippen LogP contribution in [0.15, 0.2) is 0 Å². The van der Waals surface area contributed by atoms with Gasteiger partial charge >= 0.3 is 5.97 Å². The number of carboxylic acid groups (broad SMARTS) is 1. The first kappa shape index (κ1) is 14.8.